The quantitative estimate of drug-likeness (QED) is 0.0102. The van der Waals surface area contributed by atoms with Crippen LogP contribution in [0.15, 0.2) is 101 Å². The van der Waals surface area contributed by atoms with Gasteiger partial charge < -0.3 is 113 Å². The number of pyridine rings is 1. The molecule has 0 radical (unpaired) electrons. The van der Waals surface area contributed by atoms with Crippen LogP contribution < -0.4 is 21.1 Å². The molecule has 5 heterocycles. The molecule has 726 valence electrons. The van der Waals surface area contributed by atoms with Crippen molar-refractivity contribution in [2.75, 3.05) is 171 Å². The summed E-state index contributed by atoms with van der Waals surface area (Å²) >= 11 is 5.61. The van der Waals surface area contributed by atoms with Crippen LogP contribution in [0.5, 0.6) is 5.75 Å². The zero-order chi connectivity index (χ0) is 94.3. The lowest BCUT2D eigenvalue weighted by atomic mass is 9.78. The first-order chi connectivity index (χ1) is 62.4. The summed E-state index contributed by atoms with van der Waals surface area (Å²) in [4.78, 5) is 90.4. The van der Waals surface area contributed by atoms with Crippen LogP contribution >= 0.6 is 12.2 Å². The van der Waals surface area contributed by atoms with E-state index in [1.54, 1.807) is 53.3 Å². The number of cyclic esters (lactones) is 1. The topological polar surface area (TPSA) is 405 Å². The number of nitrogen functional groups attached to an aromatic ring is 1. The van der Waals surface area contributed by atoms with Gasteiger partial charge in [-0.1, -0.05) is 77.1 Å². The van der Waals surface area contributed by atoms with Crippen LogP contribution in [0.25, 0.3) is 11.1 Å². The van der Waals surface area contributed by atoms with Gasteiger partial charge in [0.05, 0.1) is 142 Å². The van der Waals surface area contributed by atoms with Crippen LogP contribution in [0.2, 0.25) is 0 Å². The van der Waals surface area contributed by atoms with Gasteiger partial charge in [-0.05, 0) is 174 Å². The minimum Gasteiger partial charge on any atom is -0.491 e. The molecule has 2 bridgehead atoms. The first-order valence-corrected chi connectivity index (χ1v) is 47.7. The summed E-state index contributed by atoms with van der Waals surface area (Å²) in [6.07, 6.45) is 11.9. The van der Waals surface area contributed by atoms with Gasteiger partial charge in [-0.3, -0.25) is 24.0 Å². The fraction of sp³-hybridized carbons (Fsp3) is 0.663. The van der Waals surface area contributed by atoms with Gasteiger partial charge in [-0.25, -0.2) is 22.6 Å². The Bertz CT molecular complexity index is 4310. The number of thiocarbonyl (C=S) groups is 1. The third-order valence-electron chi connectivity index (χ3n) is 24.5. The number of carbonyl (C=O) groups excluding carboxylic acids is 6. The van der Waals surface area contributed by atoms with Crippen LogP contribution in [0.4, 0.5) is 10.2 Å². The number of hydrogen-bond acceptors (Lipinski definition) is 29. The summed E-state index contributed by atoms with van der Waals surface area (Å²) in [5.41, 5.74) is 9.36. The highest BCUT2D eigenvalue weighted by atomic mass is 32.2. The predicted octanol–water partition coefficient (Wildman–Crippen LogP) is 9.11. The number of hydrogen-bond donors (Lipinski definition) is 6. The molecule has 2 saturated heterocycles. The summed E-state index contributed by atoms with van der Waals surface area (Å²) in [5, 5.41) is 41.8. The number of ketones is 2. The van der Waals surface area contributed by atoms with Gasteiger partial charge in [0.25, 0.3) is 22.8 Å². The summed E-state index contributed by atoms with van der Waals surface area (Å²) in [6.45, 7) is 20.2. The number of aliphatic hydroxyl groups is 3. The second-order valence-corrected chi connectivity index (χ2v) is 36.8. The maximum atomic E-state index is 15.8. The molecule has 2 aromatic carbocycles. The molecular weight excluding hydrogens is 1720 g/mol. The molecule has 35 heteroatoms. The van der Waals surface area contributed by atoms with Crippen molar-refractivity contribution < 1.29 is 128 Å². The number of nitrogens with zero attached hydrogens (tertiary/aromatic N) is 3. The maximum Gasteiger partial charge on any atom is 0.329 e. The average molecular weight is 1870 g/mol. The SMILES string of the molecule is CO[C@H]1C[C@@H]2CC[C@@H](C)[C@@](O)(O2)C(=O)C(=O)N2CCCC[C@H]2C(=O)O[C@H]([C@H](C)C[C@@H]2CC[C@@H](OC(=S)NCCOCCOCCOCCOCCOCCOCCOCCOCCC(=O)NCCS(=O)(=O)c3ccc(C(=O)N4CCOc5ccc(-c6ccc(N)nc6)cc5C4)c(C)c3F)[C@H](OC)C2)CC(O)[C@H](C)/C=C(\C)[C@@H](O)[C@@H](OC)C(=O)[C@H](C)C[C@H](C)/C=C/C=C/C=C/1C. The molecule has 1 aliphatic carbocycles. The number of carbonyl (C=O) groups is 6. The van der Waals surface area contributed by atoms with Gasteiger partial charge in [-0.15, -0.1) is 0 Å². The zero-order valence-corrected chi connectivity index (χ0v) is 79.2. The summed E-state index contributed by atoms with van der Waals surface area (Å²) in [6, 6.07) is 10.4. The first kappa shape index (κ1) is 108. The fourth-order valence-electron chi connectivity index (χ4n) is 16.7. The molecular formula is C95H141FN6O26S2. The Morgan fingerprint density at radius 2 is 1.35 bits per heavy atom. The molecule has 8 rings (SSSR count). The largest absolute Gasteiger partial charge is 0.491 e. The molecule has 3 aromatic rings. The lowest BCUT2D eigenvalue weighted by Gasteiger charge is -2.43. The summed E-state index contributed by atoms with van der Waals surface area (Å²) in [5.74, 6) is -9.29. The molecule has 130 heavy (non-hydrogen) atoms. The Kier molecular flexibility index (Phi) is 46.3. The van der Waals surface area contributed by atoms with E-state index in [4.69, 9.17) is 89.0 Å². The van der Waals surface area contributed by atoms with Crippen molar-refractivity contribution in [1.82, 2.24) is 25.4 Å². The number of aliphatic hydroxyl groups excluding tert-OH is 2. The van der Waals surface area contributed by atoms with Crippen LogP contribution in [0, 0.1) is 48.2 Å². The number of anilines is 1. The Balaban J connectivity index is 0.645. The highest BCUT2D eigenvalue weighted by Gasteiger charge is 2.53. The number of nitrogens with one attached hydrogen (secondary N) is 2. The van der Waals surface area contributed by atoms with E-state index in [2.05, 4.69) is 15.6 Å². The number of halogens is 1. The van der Waals surface area contributed by atoms with E-state index in [1.165, 1.54) is 29.9 Å². The number of fused-ring (bicyclic) bond motifs is 4. The molecule has 4 aliphatic heterocycles. The van der Waals surface area contributed by atoms with E-state index in [1.807, 2.05) is 82.3 Å². The van der Waals surface area contributed by atoms with E-state index >= 15 is 4.39 Å². The number of amides is 3. The van der Waals surface area contributed by atoms with E-state index in [0.717, 1.165) is 28.3 Å². The monoisotopic (exact) mass is 1860 g/mol. The van der Waals surface area contributed by atoms with E-state index in [-0.39, 0.29) is 124 Å². The van der Waals surface area contributed by atoms with Crippen molar-refractivity contribution in [2.45, 2.75) is 211 Å². The number of aromatic nitrogens is 1. The van der Waals surface area contributed by atoms with Crippen molar-refractivity contribution in [3.05, 3.63) is 119 Å². The van der Waals surface area contributed by atoms with Crippen LogP contribution in [0.1, 0.15) is 153 Å². The minimum atomic E-state index is -4.19. The molecule has 16 atom stereocenters. The Morgan fingerprint density at radius 3 is 1.98 bits per heavy atom. The van der Waals surface area contributed by atoms with Crippen molar-refractivity contribution >= 4 is 68.3 Å². The summed E-state index contributed by atoms with van der Waals surface area (Å²) in [7, 11) is 0.395. The second-order valence-electron chi connectivity index (χ2n) is 34.3. The normalized spacial score (nSPS) is 27.2. The van der Waals surface area contributed by atoms with Crippen molar-refractivity contribution in [3.8, 4) is 16.9 Å². The number of methoxy groups -OCH3 is 3. The minimum absolute atomic E-state index is 0.00588. The number of Topliss-reactive ketones (excluding diaryl/α,β-unsaturated/α-hetero) is 2. The van der Waals surface area contributed by atoms with Crippen molar-refractivity contribution in [1.29, 1.82) is 0 Å². The smallest absolute Gasteiger partial charge is 0.329 e. The molecule has 1 unspecified atom stereocenters. The third-order valence-corrected chi connectivity index (χ3v) is 26.5. The summed E-state index contributed by atoms with van der Waals surface area (Å²) < 4.78 is 130. The van der Waals surface area contributed by atoms with E-state index in [0.29, 0.717) is 174 Å². The third kappa shape index (κ3) is 33.8. The van der Waals surface area contributed by atoms with Gasteiger partial charge >= 0.3 is 5.97 Å². The van der Waals surface area contributed by atoms with E-state index in [9.17, 15) is 52.5 Å². The predicted molar refractivity (Wildman–Crippen MR) is 487 cm³/mol. The van der Waals surface area contributed by atoms with Crippen LogP contribution in [-0.4, -0.2) is 305 Å². The van der Waals surface area contributed by atoms with E-state index < -0.39 is 122 Å². The van der Waals surface area contributed by atoms with Crippen LogP contribution in [-0.2, 0) is 107 Å². The Hall–Kier alpha value is -7.66. The van der Waals surface area contributed by atoms with Gasteiger partial charge in [-0.2, -0.15) is 0 Å². The number of benzene rings is 2. The second kappa shape index (κ2) is 55.9. The van der Waals surface area contributed by atoms with Crippen molar-refractivity contribution in [2.24, 2.45) is 35.5 Å². The van der Waals surface area contributed by atoms with Crippen LogP contribution in [0.3, 0.4) is 0 Å². The molecule has 0 spiro atoms. The average Bonchev–Trinajstić information content (AvgIpc) is 1.28. The van der Waals surface area contributed by atoms with Gasteiger partial charge in [0.1, 0.15) is 59.3 Å². The molecule has 32 nitrogen and oxygen atoms in total. The van der Waals surface area contributed by atoms with Gasteiger partial charge in [0.15, 0.2) is 15.6 Å². The molecule has 5 aliphatic rings. The Morgan fingerprint density at radius 1 is 0.708 bits per heavy atom. The number of piperidine rings is 1. The zero-order valence-electron chi connectivity index (χ0n) is 77.5. The van der Waals surface area contributed by atoms with Gasteiger partial charge in [0.2, 0.25) is 11.7 Å². The standard InChI is InChI=1S/C95H141FN6O26S2/c1-62-17-13-12-14-18-63(2)80(114-9)58-74-24-20-68(7)95(111,128-74)90(107)92(109)102-33-16-15-19-76(102)93(110)126-81(59-77(103)64(3)54-67(6)88(106)89(116-11)87(105)66(5)53-62)65(4)55-70-21-26-79(82(56-70)115-10)127-94(129)99-31-36-118-39-41-120-43-45-122-47-49-124-51-50-123-48-46-121-44-42-119-40-38-117-35-30-85(104)98-32-52-130(112,113)83-28-25-75(69(8)86(83)96)91(108)101-34-37-125-78-27-22-71(57-73(78)61-101)72-23-29-84(97)100-60-72/h12-14,17-18,22-23,25,27-29,54,57,60,62,64-66,68,70,74,76-77,79-82,88-89,103,106,111H,15-16,19-21,24,26,30-53,55-56,58-59,61H2,1-11H3,(H2,97,100)(H,98,104)(H,99,129)/b14-12+,17-13+,63-18+,67-54+/t62-,64-,65-,66-,68-,70+,74+,76+,77?,79-,80+,81+,82-,88-,89+,95-/m1/s1. The Labute approximate surface area is 771 Å². The maximum absolute atomic E-state index is 15.8. The lowest BCUT2D eigenvalue weighted by Crippen LogP contribution is -2.61. The lowest BCUT2D eigenvalue weighted by molar-refractivity contribution is -0.265. The highest BCUT2D eigenvalue weighted by molar-refractivity contribution is 7.91. The number of sulfone groups is 1. The highest BCUT2D eigenvalue weighted by Crippen LogP contribution is 2.40. The molecule has 7 N–H and O–H groups in total. The number of nitrogens with two attached hydrogens (primary N) is 1. The number of ether oxygens (including phenoxy) is 15. The number of esters is 1. The number of rotatable bonds is 40. The molecule has 1 aromatic heterocycles. The van der Waals surface area contributed by atoms with Crippen molar-refractivity contribution in [3.63, 3.8) is 0 Å². The van der Waals surface area contributed by atoms with Gasteiger partial charge in [0, 0.05) is 107 Å². The fourth-order valence-corrected chi connectivity index (χ4v) is 18.3. The molecule has 3 fully saturated rings. The molecule has 3 amide bonds. The number of allylic oxidation sites excluding steroid dienone is 5. The molecule has 1 saturated carbocycles. The first-order valence-electron chi connectivity index (χ1n) is 45.6.